The quantitative estimate of drug-likeness (QED) is 0.557. The summed E-state index contributed by atoms with van der Waals surface area (Å²) in [5.74, 6) is 0.226. The molecule has 1 unspecified atom stereocenters. The van der Waals surface area contributed by atoms with Gasteiger partial charge in [-0.2, -0.15) is 0 Å². The fourth-order valence-corrected chi connectivity index (χ4v) is 3.63. The van der Waals surface area contributed by atoms with Crippen LogP contribution in [-0.4, -0.2) is 36.4 Å². The van der Waals surface area contributed by atoms with Gasteiger partial charge in [0, 0.05) is 20.0 Å². The van der Waals surface area contributed by atoms with E-state index in [0.717, 1.165) is 22.3 Å². The molecular formula is C27H30N2O3. The summed E-state index contributed by atoms with van der Waals surface area (Å²) in [5.41, 5.74) is 4.01. The summed E-state index contributed by atoms with van der Waals surface area (Å²) in [6.07, 6.45) is 0.419. The predicted molar refractivity (Wildman–Crippen MR) is 126 cm³/mol. The lowest BCUT2D eigenvalue weighted by atomic mass is 10.0. The lowest BCUT2D eigenvalue weighted by Gasteiger charge is -2.31. The van der Waals surface area contributed by atoms with E-state index >= 15 is 0 Å². The van der Waals surface area contributed by atoms with Crippen LogP contribution < -0.4 is 10.1 Å². The summed E-state index contributed by atoms with van der Waals surface area (Å²) in [7, 11) is 1.60. The molecule has 0 heterocycles. The number of para-hydroxylation sites is 1. The van der Waals surface area contributed by atoms with Gasteiger partial charge in [-0.05, 0) is 42.2 Å². The van der Waals surface area contributed by atoms with Crippen LogP contribution in [0.2, 0.25) is 0 Å². The van der Waals surface area contributed by atoms with Crippen molar-refractivity contribution in [3.05, 3.63) is 101 Å². The second kappa shape index (κ2) is 11.1. The van der Waals surface area contributed by atoms with E-state index in [9.17, 15) is 9.59 Å². The third-order valence-electron chi connectivity index (χ3n) is 5.56. The van der Waals surface area contributed by atoms with Gasteiger partial charge in [-0.25, -0.2) is 0 Å². The van der Waals surface area contributed by atoms with E-state index < -0.39 is 6.04 Å². The van der Waals surface area contributed by atoms with Crippen molar-refractivity contribution in [2.45, 2.75) is 32.9 Å². The van der Waals surface area contributed by atoms with E-state index in [-0.39, 0.29) is 18.4 Å². The Bertz CT molecular complexity index is 1050. The van der Waals surface area contributed by atoms with Crippen molar-refractivity contribution < 1.29 is 14.3 Å². The molecule has 0 aliphatic carbocycles. The van der Waals surface area contributed by atoms with Gasteiger partial charge in [0.15, 0.2) is 6.61 Å². The molecule has 0 aromatic heterocycles. The Balaban J connectivity index is 1.89. The maximum absolute atomic E-state index is 13.4. The molecule has 5 nitrogen and oxygen atoms in total. The van der Waals surface area contributed by atoms with Crippen LogP contribution in [0, 0.1) is 13.8 Å². The van der Waals surface area contributed by atoms with E-state index in [1.54, 1.807) is 11.9 Å². The molecule has 3 rings (SSSR count). The lowest BCUT2D eigenvalue weighted by Crippen LogP contribution is -2.51. The molecule has 0 saturated heterocycles. The van der Waals surface area contributed by atoms with Crippen LogP contribution in [0.5, 0.6) is 5.75 Å². The van der Waals surface area contributed by atoms with Gasteiger partial charge in [-0.1, -0.05) is 72.8 Å². The molecule has 2 amide bonds. The molecule has 0 saturated carbocycles. The van der Waals surface area contributed by atoms with Crippen molar-refractivity contribution in [1.29, 1.82) is 0 Å². The molecule has 3 aromatic carbocycles. The zero-order valence-corrected chi connectivity index (χ0v) is 18.9. The molecular weight excluding hydrogens is 400 g/mol. The first-order valence-corrected chi connectivity index (χ1v) is 10.8. The Kier molecular flexibility index (Phi) is 8.03. The highest BCUT2D eigenvalue weighted by molar-refractivity contribution is 5.88. The molecule has 0 fully saturated rings. The number of benzene rings is 3. The molecule has 0 aliphatic heterocycles. The number of hydrogen-bond acceptors (Lipinski definition) is 3. The van der Waals surface area contributed by atoms with Gasteiger partial charge in [0.25, 0.3) is 5.91 Å². The average molecular weight is 431 g/mol. The van der Waals surface area contributed by atoms with Crippen LogP contribution in [0.3, 0.4) is 0 Å². The molecule has 3 aromatic rings. The van der Waals surface area contributed by atoms with Crippen LogP contribution in [0.4, 0.5) is 0 Å². The molecule has 5 heteroatoms. The Morgan fingerprint density at radius 1 is 0.875 bits per heavy atom. The van der Waals surface area contributed by atoms with Gasteiger partial charge in [0.1, 0.15) is 11.8 Å². The average Bonchev–Trinajstić information content (AvgIpc) is 2.82. The number of amides is 2. The first-order valence-electron chi connectivity index (χ1n) is 10.8. The number of carbonyl (C=O) groups excluding carboxylic acids is 2. The molecule has 0 bridgehead atoms. The largest absolute Gasteiger partial charge is 0.484 e. The van der Waals surface area contributed by atoms with Gasteiger partial charge in [0.2, 0.25) is 5.91 Å². The number of nitrogens with one attached hydrogen (secondary N) is 1. The molecule has 0 aliphatic rings. The van der Waals surface area contributed by atoms with Crippen LogP contribution >= 0.6 is 0 Å². The van der Waals surface area contributed by atoms with Crippen LogP contribution in [0.1, 0.15) is 22.3 Å². The minimum absolute atomic E-state index is 0.140. The van der Waals surface area contributed by atoms with Crippen molar-refractivity contribution in [3.8, 4) is 5.75 Å². The van der Waals surface area contributed by atoms with E-state index in [1.807, 2.05) is 92.7 Å². The van der Waals surface area contributed by atoms with Crippen molar-refractivity contribution >= 4 is 11.8 Å². The van der Waals surface area contributed by atoms with Gasteiger partial charge in [-0.15, -0.1) is 0 Å². The summed E-state index contributed by atoms with van der Waals surface area (Å²) in [6, 6.07) is 24.6. The van der Waals surface area contributed by atoms with Gasteiger partial charge < -0.3 is 15.0 Å². The Labute approximate surface area is 190 Å². The lowest BCUT2D eigenvalue weighted by molar-refractivity contribution is -0.142. The number of hydrogen-bond donors (Lipinski definition) is 1. The van der Waals surface area contributed by atoms with Gasteiger partial charge >= 0.3 is 0 Å². The van der Waals surface area contributed by atoms with E-state index in [4.69, 9.17) is 4.74 Å². The second-order valence-electron chi connectivity index (χ2n) is 7.82. The summed E-state index contributed by atoms with van der Waals surface area (Å²) >= 11 is 0. The molecule has 1 atom stereocenters. The molecule has 0 spiro atoms. The predicted octanol–water partition coefficient (Wildman–Crippen LogP) is 4.07. The minimum atomic E-state index is -0.657. The molecule has 32 heavy (non-hydrogen) atoms. The Morgan fingerprint density at radius 2 is 1.50 bits per heavy atom. The number of rotatable bonds is 9. The number of carbonyl (C=O) groups is 2. The molecule has 1 N–H and O–H groups in total. The van der Waals surface area contributed by atoms with Gasteiger partial charge in [-0.3, -0.25) is 9.59 Å². The highest BCUT2D eigenvalue weighted by Crippen LogP contribution is 2.19. The normalized spacial score (nSPS) is 11.5. The number of nitrogens with zero attached hydrogens (tertiary/aromatic N) is 1. The fourth-order valence-electron chi connectivity index (χ4n) is 3.63. The molecule has 0 radical (unpaired) electrons. The number of ether oxygens (including phenoxy) is 1. The highest BCUT2D eigenvalue weighted by Gasteiger charge is 2.30. The number of aryl methyl sites for hydroxylation is 2. The molecule has 166 valence electrons. The standard InChI is InChI=1S/C27H30N2O3/c1-20-11-7-9-15-23(20)18-29(26(30)19-32-25-16-10-8-12-21(25)2)24(27(31)28-3)17-22-13-5-4-6-14-22/h4-16,24H,17-19H2,1-3H3,(H,28,31). The summed E-state index contributed by atoms with van der Waals surface area (Å²) in [4.78, 5) is 28.0. The zero-order valence-electron chi connectivity index (χ0n) is 18.9. The topological polar surface area (TPSA) is 58.6 Å². The zero-order chi connectivity index (χ0) is 22.9. The fraction of sp³-hybridized carbons (Fsp3) is 0.259. The monoisotopic (exact) mass is 430 g/mol. The summed E-state index contributed by atoms with van der Waals surface area (Å²) in [5, 5.41) is 2.73. The van der Waals surface area contributed by atoms with E-state index in [1.165, 1.54) is 0 Å². The van der Waals surface area contributed by atoms with E-state index in [0.29, 0.717) is 18.7 Å². The van der Waals surface area contributed by atoms with Crippen LogP contribution in [0.15, 0.2) is 78.9 Å². The van der Waals surface area contributed by atoms with Crippen molar-refractivity contribution in [3.63, 3.8) is 0 Å². The number of likely N-dealkylation sites (N-methyl/N-ethyl adjacent to an activating group) is 1. The van der Waals surface area contributed by atoms with Gasteiger partial charge in [0.05, 0.1) is 0 Å². The SMILES string of the molecule is CNC(=O)C(Cc1ccccc1)N(Cc1ccccc1C)C(=O)COc1ccccc1C. The maximum Gasteiger partial charge on any atom is 0.261 e. The maximum atomic E-state index is 13.4. The first kappa shape index (κ1) is 23.1. The van der Waals surface area contributed by atoms with Crippen LogP contribution in [0.25, 0.3) is 0 Å². The second-order valence-corrected chi connectivity index (χ2v) is 7.82. The summed E-state index contributed by atoms with van der Waals surface area (Å²) in [6.45, 7) is 4.13. The van der Waals surface area contributed by atoms with Crippen LogP contribution in [-0.2, 0) is 22.6 Å². The van der Waals surface area contributed by atoms with Crippen molar-refractivity contribution in [2.75, 3.05) is 13.7 Å². The third-order valence-corrected chi connectivity index (χ3v) is 5.56. The minimum Gasteiger partial charge on any atom is -0.484 e. The highest BCUT2D eigenvalue weighted by atomic mass is 16.5. The summed E-state index contributed by atoms with van der Waals surface area (Å²) < 4.78 is 5.84. The Morgan fingerprint density at radius 3 is 2.16 bits per heavy atom. The smallest absolute Gasteiger partial charge is 0.261 e. The van der Waals surface area contributed by atoms with Crippen molar-refractivity contribution in [2.24, 2.45) is 0 Å². The third kappa shape index (κ3) is 5.97. The first-order chi connectivity index (χ1) is 15.5. The Hall–Kier alpha value is -3.60. The van der Waals surface area contributed by atoms with E-state index in [2.05, 4.69) is 5.32 Å². The van der Waals surface area contributed by atoms with Crippen molar-refractivity contribution in [1.82, 2.24) is 10.2 Å².